The summed E-state index contributed by atoms with van der Waals surface area (Å²) < 4.78 is 10.9. The van der Waals surface area contributed by atoms with Crippen molar-refractivity contribution in [3.05, 3.63) is 59.2 Å². The Morgan fingerprint density at radius 3 is 2.26 bits per heavy atom. The summed E-state index contributed by atoms with van der Waals surface area (Å²) in [5.74, 6) is 0.597. The predicted molar refractivity (Wildman–Crippen MR) is 128 cm³/mol. The van der Waals surface area contributed by atoms with Gasteiger partial charge in [0.2, 0.25) is 0 Å². The molecule has 5 nitrogen and oxygen atoms in total. The average molecular weight is 443 g/mol. The van der Waals surface area contributed by atoms with Crippen LogP contribution in [0.4, 0.5) is 5.69 Å². The summed E-state index contributed by atoms with van der Waals surface area (Å²) in [7, 11) is -0.127. The molecule has 1 aliphatic heterocycles. The van der Waals surface area contributed by atoms with Crippen molar-refractivity contribution in [1.29, 1.82) is 0 Å². The monoisotopic (exact) mass is 442 g/mol. The zero-order chi connectivity index (χ0) is 22.4. The number of amides is 1. The molecule has 0 radical (unpaired) electrons. The first-order chi connectivity index (χ1) is 14.8. The maximum Gasteiger partial charge on any atom is 0.344 e. The van der Waals surface area contributed by atoms with Crippen molar-refractivity contribution in [1.82, 2.24) is 0 Å². The highest BCUT2D eigenvalue weighted by Crippen LogP contribution is 2.67. The number of methoxy groups -OCH3 is 1. The Balaban J connectivity index is 1.68. The minimum Gasteiger partial charge on any atom is -0.497 e. The number of carbonyl (C=O) groups excluding carboxylic acids is 2. The Morgan fingerprint density at radius 1 is 1.06 bits per heavy atom. The highest BCUT2D eigenvalue weighted by Gasteiger charge is 2.51. The van der Waals surface area contributed by atoms with Crippen LogP contribution in [0, 0.1) is 13.8 Å². The van der Waals surface area contributed by atoms with Crippen LogP contribution in [0.15, 0.2) is 42.5 Å². The molecule has 0 aliphatic carbocycles. The second-order valence-electron chi connectivity index (χ2n) is 8.48. The number of anilines is 1. The first-order valence-electron chi connectivity index (χ1n) is 10.9. The van der Waals surface area contributed by atoms with Gasteiger partial charge in [-0.05, 0) is 62.4 Å². The molecule has 31 heavy (non-hydrogen) atoms. The Labute approximate surface area is 185 Å². The van der Waals surface area contributed by atoms with Crippen LogP contribution >= 0.6 is 7.26 Å². The van der Waals surface area contributed by atoms with Gasteiger partial charge in [-0.1, -0.05) is 30.3 Å². The Bertz CT molecular complexity index is 899. The van der Waals surface area contributed by atoms with E-state index in [1.54, 1.807) is 7.11 Å². The lowest BCUT2D eigenvalue weighted by molar-refractivity contribution is -0.141. The molecule has 2 aromatic carbocycles. The molecular weight excluding hydrogens is 409 g/mol. The third-order valence-corrected chi connectivity index (χ3v) is 11.5. The molecule has 1 atom stereocenters. The summed E-state index contributed by atoms with van der Waals surface area (Å²) in [6, 6.07) is 13.6. The van der Waals surface area contributed by atoms with Gasteiger partial charge in [-0.15, -0.1) is 0 Å². The molecule has 1 N–H and O–H groups in total. The minimum absolute atomic E-state index is 0.00228. The largest absolute Gasteiger partial charge is 0.497 e. The molecule has 0 saturated carbocycles. The third kappa shape index (κ3) is 5.65. The molecule has 1 aliphatic rings. The fraction of sp³-hybridized carbons (Fsp3) is 0.440. The first kappa shape index (κ1) is 23.3. The first-order valence-corrected chi connectivity index (χ1v) is 13.3. The summed E-state index contributed by atoms with van der Waals surface area (Å²) in [6.45, 7) is 6.21. The van der Waals surface area contributed by atoms with Crippen molar-refractivity contribution in [2.45, 2.75) is 45.9 Å². The number of hydrogen-bond donors (Lipinski definition) is 1. The van der Waals surface area contributed by atoms with Crippen LogP contribution in [0.5, 0.6) is 5.75 Å². The highest BCUT2D eigenvalue weighted by molar-refractivity contribution is 7.78. The second kappa shape index (κ2) is 10.3. The maximum absolute atomic E-state index is 13.3. The molecule has 1 saturated heterocycles. The van der Waals surface area contributed by atoms with Crippen molar-refractivity contribution in [2.75, 3.05) is 30.9 Å². The van der Waals surface area contributed by atoms with Gasteiger partial charge >= 0.3 is 5.97 Å². The Kier molecular flexibility index (Phi) is 7.72. The summed E-state index contributed by atoms with van der Waals surface area (Å²) in [5, 5.41) is 3.14. The molecular formula is C25H33NO4P+. The average Bonchev–Trinajstić information content (AvgIpc) is 3.24. The van der Waals surface area contributed by atoms with Crippen LogP contribution < -0.4 is 10.1 Å². The predicted octanol–water partition coefficient (Wildman–Crippen LogP) is 5.19. The highest BCUT2D eigenvalue weighted by atomic mass is 31.2. The van der Waals surface area contributed by atoms with Gasteiger partial charge in [0, 0.05) is 12.9 Å². The lowest BCUT2D eigenvalue weighted by atomic mass is 10.1. The summed E-state index contributed by atoms with van der Waals surface area (Å²) >= 11 is 0. The van der Waals surface area contributed by atoms with E-state index in [0.29, 0.717) is 6.16 Å². The van der Waals surface area contributed by atoms with Gasteiger partial charge in [-0.2, -0.15) is 0 Å². The second-order valence-corrected chi connectivity index (χ2v) is 12.9. The fourth-order valence-corrected chi connectivity index (χ4v) is 8.87. The van der Waals surface area contributed by atoms with E-state index in [0.717, 1.165) is 53.3 Å². The number of hydrogen-bond acceptors (Lipinski definition) is 4. The van der Waals surface area contributed by atoms with Gasteiger partial charge < -0.3 is 14.8 Å². The van der Waals surface area contributed by atoms with Gasteiger partial charge in [-0.3, -0.25) is 4.79 Å². The van der Waals surface area contributed by atoms with Crippen LogP contribution in [0.2, 0.25) is 0 Å². The van der Waals surface area contributed by atoms with Crippen LogP contribution in [-0.2, 0) is 20.9 Å². The molecule has 0 spiro atoms. The van der Waals surface area contributed by atoms with E-state index in [-0.39, 0.29) is 24.1 Å². The van der Waals surface area contributed by atoms with E-state index >= 15 is 0 Å². The zero-order valence-corrected chi connectivity index (χ0v) is 19.8. The standard InChI is InChI=1S/C25H32NO4P/c1-18-14-22(29-4)15-19(2)24(18)26-25(28)20(3)31(12-8-9-13-31)17-23(27)30-16-21-10-6-5-7-11-21/h5-7,10-11,14-15,20H,8-9,12-13,16-17H2,1-4H3/p+1. The number of rotatable bonds is 8. The third-order valence-electron chi connectivity index (χ3n) is 6.33. The van der Waals surface area contributed by atoms with Crippen LogP contribution in [0.3, 0.4) is 0 Å². The van der Waals surface area contributed by atoms with E-state index in [4.69, 9.17) is 9.47 Å². The SMILES string of the molecule is COc1cc(C)c(NC(=O)C(C)[P+]2(CC(=O)OCc3ccccc3)CCCC2)c(C)c1. The smallest absolute Gasteiger partial charge is 0.344 e. The van der Waals surface area contributed by atoms with Crippen molar-refractivity contribution in [3.63, 3.8) is 0 Å². The quantitative estimate of drug-likeness (QED) is 0.451. The van der Waals surface area contributed by atoms with E-state index in [1.165, 1.54) is 0 Å². The van der Waals surface area contributed by atoms with Crippen LogP contribution in [0.25, 0.3) is 0 Å². The summed E-state index contributed by atoms with van der Waals surface area (Å²) in [6.07, 6.45) is 4.50. The van der Waals surface area contributed by atoms with Crippen LogP contribution in [-0.4, -0.2) is 43.1 Å². The van der Waals surface area contributed by atoms with E-state index in [9.17, 15) is 9.59 Å². The number of esters is 1. The molecule has 6 heteroatoms. The number of nitrogens with one attached hydrogen (secondary N) is 1. The van der Waals surface area contributed by atoms with E-state index < -0.39 is 7.26 Å². The number of carbonyl (C=O) groups is 2. The van der Waals surface area contributed by atoms with Crippen molar-refractivity contribution in [3.8, 4) is 5.75 Å². The lowest BCUT2D eigenvalue weighted by Crippen LogP contribution is -2.32. The van der Waals surface area contributed by atoms with E-state index in [1.807, 2.05) is 63.2 Å². The molecule has 0 bridgehead atoms. The minimum atomic E-state index is -1.77. The molecule has 0 aromatic heterocycles. The normalized spacial score (nSPS) is 15.9. The Hall–Kier alpha value is -2.39. The van der Waals surface area contributed by atoms with Gasteiger partial charge in [-0.25, -0.2) is 4.79 Å². The lowest BCUT2D eigenvalue weighted by Gasteiger charge is -2.27. The number of benzene rings is 2. The summed E-state index contributed by atoms with van der Waals surface area (Å²) in [4.78, 5) is 26.0. The van der Waals surface area contributed by atoms with Gasteiger partial charge in [0.05, 0.1) is 19.4 Å². The topological polar surface area (TPSA) is 64.6 Å². The van der Waals surface area contributed by atoms with Gasteiger partial charge in [0.15, 0.2) is 6.16 Å². The van der Waals surface area contributed by atoms with Crippen molar-refractivity contribution < 1.29 is 19.1 Å². The van der Waals surface area contributed by atoms with Gasteiger partial charge in [0.25, 0.3) is 5.91 Å². The molecule has 1 unspecified atom stereocenters. The van der Waals surface area contributed by atoms with Crippen molar-refractivity contribution in [2.24, 2.45) is 0 Å². The zero-order valence-electron chi connectivity index (χ0n) is 18.9. The molecule has 3 rings (SSSR count). The van der Waals surface area contributed by atoms with Crippen molar-refractivity contribution >= 4 is 24.8 Å². The fourth-order valence-electron chi connectivity index (χ4n) is 4.40. The molecule has 2 aromatic rings. The molecule has 166 valence electrons. The molecule has 1 amide bonds. The summed E-state index contributed by atoms with van der Waals surface area (Å²) in [5.41, 5.74) is 3.57. The molecule has 1 heterocycles. The number of aryl methyl sites for hydroxylation is 2. The van der Waals surface area contributed by atoms with Gasteiger partial charge in [0.1, 0.15) is 18.0 Å². The maximum atomic E-state index is 13.3. The number of ether oxygens (including phenoxy) is 2. The van der Waals surface area contributed by atoms with E-state index in [2.05, 4.69) is 5.32 Å². The molecule has 1 fully saturated rings. The Morgan fingerprint density at radius 2 is 1.68 bits per heavy atom. The van der Waals surface area contributed by atoms with Crippen LogP contribution in [0.1, 0.15) is 36.5 Å².